The normalized spacial score (nSPS) is 31.2. The van der Waals surface area contributed by atoms with Crippen LogP contribution in [0.3, 0.4) is 0 Å². The highest BCUT2D eigenvalue weighted by Gasteiger charge is 2.53. The van der Waals surface area contributed by atoms with Crippen LogP contribution in [0.15, 0.2) is 36.5 Å². The number of nitrogens with zero attached hydrogens (tertiary/aromatic N) is 5. The van der Waals surface area contributed by atoms with E-state index < -0.39 is 4.92 Å². The maximum atomic E-state index is 13.4. The Morgan fingerprint density at radius 1 is 1.00 bits per heavy atom. The number of carbonyl (C=O) groups is 1. The number of aromatic nitrogens is 2. The zero-order valence-electron chi connectivity index (χ0n) is 18.9. The molecule has 0 atom stereocenters. The fraction of sp³-hybridized carbons (Fsp3) is 0.600. The van der Waals surface area contributed by atoms with Crippen LogP contribution in [0.4, 0.5) is 5.69 Å². The van der Waals surface area contributed by atoms with Crippen LogP contribution in [0.5, 0.6) is 0 Å². The molecule has 1 amide bonds. The van der Waals surface area contributed by atoms with E-state index in [1.165, 1.54) is 24.8 Å². The van der Waals surface area contributed by atoms with E-state index in [-0.39, 0.29) is 22.8 Å². The topological polar surface area (TPSA) is 84.5 Å². The summed E-state index contributed by atoms with van der Waals surface area (Å²) < 4.78 is 1.84. The van der Waals surface area contributed by atoms with E-state index >= 15 is 0 Å². The molecule has 2 heterocycles. The van der Waals surface area contributed by atoms with Gasteiger partial charge in [-0.3, -0.25) is 24.5 Å². The molecule has 0 spiro atoms. The Kier molecular flexibility index (Phi) is 5.01. The Morgan fingerprint density at radius 3 is 2.18 bits per heavy atom. The summed E-state index contributed by atoms with van der Waals surface area (Å²) in [5.74, 6) is 1.81. The van der Waals surface area contributed by atoms with Gasteiger partial charge in [-0.2, -0.15) is 5.10 Å². The monoisotopic (exact) mass is 449 g/mol. The first-order valence-corrected chi connectivity index (χ1v) is 12.3. The first-order valence-electron chi connectivity index (χ1n) is 12.3. The van der Waals surface area contributed by atoms with Gasteiger partial charge < -0.3 is 4.90 Å². The number of hydrogen-bond acceptors (Lipinski definition) is 5. The summed E-state index contributed by atoms with van der Waals surface area (Å²) >= 11 is 0. The Balaban J connectivity index is 1.19. The van der Waals surface area contributed by atoms with Crippen molar-refractivity contribution in [3.8, 4) is 0 Å². The lowest BCUT2D eigenvalue weighted by Gasteiger charge is -2.56. The van der Waals surface area contributed by atoms with E-state index in [4.69, 9.17) is 0 Å². The molecule has 5 aliphatic rings. The summed E-state index contributed by atoms with van der Waals surface area (Å²) in [6, 6.07) is 10.3. The minimum atomic E-state index is -0.428. The molecule has 5 fully saturated rings. The number of carbonyl (C=O) groups excluding carboxylic acids is 1. The second-order valence-electron chi connectivity index (χ2n) is 10.8. The van der Waals surface area contributed by atoms with Crippen LogP contribution in [0.1, 0.15) is 54.6 Å². The van der Waals surface area contributed by atoms with E-state index in [2.05, 4.69) is 22.1 Å². The maximum absolute atomic E-state index is 13.4. The van der Waals surface area contributed by atoms with Crippen molar-refractivity contribution >= 4 is 11.6 Å². The first kappa shape index (κ1) is 20.8. The van der Waals surface area contributed by atoms with Gasteiger partial charge in [0.15, 0.2) is 0 Å². The average molecular weight is 450 g/mol. The molecule has 0 radical (unpaired) electrons. The smallest absolute Gasteiger partial charge is 0.320 e. The van der Waals surface area contributed by atoms with E-state index in [1.807, 2.05) is 22.9 Å². The highest BCUT2D eigenvalue weighted by Crippen LogP contribution is 2.58. The van der Waals surface area contributed by atoms with Gasteiger partial charge in [-0.25, -0.2) is 0 Å². The Bertz CT molecular complexity index is 1020. The lowest BCUT2D eigenvalue weighted by Crippen LogP contribution is -2.52. The fourth-order valence-electron chi connectivity index (χ4n) is 7.34. The molecule has 0 unspecified atom stereocenters. The molecule has 8 nitrogen and oxygen atoms in total. The second kappa shape index (κ2) is 7.94. The van der Waals surface area contributed by atoms with Crippen molar-refractivity contribution in [2.24, 2.45) is 17.8 Å². The summed E-state index contributed by atoms with van der Waals surface area (Å²) in [5.41, 5.74) is 1.00. The number of rotatable bonds is 5. The molecule has 0 N–H and O–H groups in total. The van der Waals surface area contributed by atoms with E-state index in [1.54, 1.807) is 11.1 Å². The van der Waals surface area contributed by atoms with Crippen molar-refractivity contribution in [2.45, 2.75) is 50.6 Å². The standard InChI is InChI=1S/C25H31N5O3/c31-24(28-8-6-27(7-9-28)16-18-4-2-1-3-5-18)23-22(30(32)33)17-29(26-23)25-13-19-10-20(14-25)12-21(11-19)15-25/h1-5,17,19-21H,6-16H2. The van der Waals surface area contributed by atoms with Gasteiger partial charge in [0.2, 0.25) is 5.69 Å². The van der Waals surface area contributed by atoms with Gasteiger partial charge in [-0.05, 0) is 61.8 Å². The van der Waals surface area contributed by atoms with Crippen molar-refractivity contribution in [2.75, 3.05) is 26.2 Å². The average Bonchev–Trinajstić information content (AvgIpc) is 3.26. The van der Waals surface area contributed by atoms with E-state index in [9.17, 15) is 14.9 Å². The Hall–Kier alpha value is -2.74. The van der Waals surface area contributed by atoms with E-state index in [0.717, 1.165) is 38.9 Å². The minimum Gasteiger partial charge on any atom is -0.334 e. The number of hydrogen-bond donors (Lipinski definition) is 0. The lowest BCUT2D eigenvalue weighted by molar-refractivity contribution is -0.385. The third kappa shape index (κ3) is 3.74. The van der Waals surface area contributed by atoms with Gasteiger partial charge >= 0.3 is 5.69 Å². The quantitative estimate of drug-likeness (QED) is 0.514. The molecule has 33 heavy (non-hydrogen) atoms. The maximum Gasteiger partial charge on any atom is 0.320 e. The third-order valence-electron chi connectivity index (χ3n) is 8.49. The van der Waals surface area contributed by atoms with Crippen LogP contribution in [0.2, 0.25) is 0 Å². The van der Waals surface area contributed by atoms with Gasteiger partial charge in [0.05, 0.1) is 10.5 Å². The molecule has 2 aromatic rings. The molecule has 1 aromatic carbocycles. The van der Waals surface area contributed by atoms with Crippen LogP contribution in [0.25, 0.3) is 0 Å². The summed E-state index contributed by atoms with van der Waals surface area (Å²) in [7, 11) is 0. The van der Waals surface area contributed by atoms with Crippen LogP contribution in [-0.2, 0) is 12.1 Å². The lowest BCUT2D eigenvalue weighted by atomic mass is 9.53. The van der Waals surface area contributed by atoms with Crippen LogP contribution in [0, 0.1) is 27.9 Å². The van der Waals surface area contributed by atoms with Gasteiger partial charge in [-0.15, -0.1) is 0 Å². The Morgan fingerprint density at radius 2 is 1.61 bits per heavy atom. The molecular weight excluding hydrogens is 418 g/mol. The molecule has 7 rings (SSSR count). The summed E-state index contributed by atoms with van der Waals surface area (Å²) in [4.78, 5) is 28.9. The third-order valence-corrected chi connectivity index (χ3v) is 8.49. The molecule has 1 aromatic heterocycles. The second-order valence-corrected chi connectivity index (χ2v) is 10.8. The molecular formula is C25H31N5O3. The van der Waals surface area contributed by atoms with Gasteiger partial charge in [0, 0.05) is 32.7 Å². The van der Waals surface area contributed by atoms with Crippen molar-refractivity contribution < 1.29 is 9.72 Å². The molecule has 4 aliphatic carbocycles. The predicted octanol–water partition coefficient (Wildman–Crippen LogP) is 3.67. The van der Waals surface area contributed by atoms with Crippen LogP contribution in [-0.4, -0.2) is 56.6 Å². The molecule has 174 valence electrons. The number of amides is 1. The van der Waals surface area contributed by atoms with Crippen molar-refractivity contribution in [1.82, 2.24) is 19.6 Å². The van der Waals surface area contributed by atoms with E-state index in [0.29, 0.717) is 30.8 Å². The predicted molar refractivity (Wildman–Crippen MR) is 123 cm³/mol. The number of benzene rings is 1. The fourth-order valence-corrected chi connectivity index (χ4v) is 7.34. The summed E-state index contributed by atoms with van der Waals surface area (Å²) in [6.07, 6.45) is 8.58. The van der Waals surface area contributed by atoms with Crippen molar-refractivity contribution in [3.05, 3.63) is 57.9 Å². The zero-order valence-corrected chi connectivity index (χ0v) is 18.9. The minimum absolute atomic E-state index is 0.0206. The van der Waals surface area contributed by atoms with Crippen molar-refractivity contribution in [3.63, 3.8) is 0 Å². The van der Waals surface area contributed by atoms with Crippen molar-refractivity contribution in [1.29, 1.82) is 0 Å². The molecule has 4 saturated carbocycles. The highest BCUT2D eigenvalue weighted by molar-refractivity contribution is 5.96. The van der Waals surface area contributed by atoms with Gasteiger partial charge in [0.1, 0.15) is 6.20 Å². The number of piperazine rings is 1. The highest BCUT2D eigenvalue weighted by atomic mass is 16.6. The molecule has 1 aliphatic heterocycles. The largest absolute Gasteiger partial charge is 0.334 e. The van der Waals surface area contributed by atoms with Gasteiger partial charge in [-0.1, -0.05) is 30.3 Å². The van der Waals surface area contributed by atoms with Crippen LogP contribution < -0.4 is 0 Å². The molecule has 4 bridgehead atoms. The summed E-state index contributed by atoms with van der Waals surface area (Å²) in [5, 5.41) is 16.5. The first-order chi connectivity index (χ1) is 16.0. The zero-order chi connectivity index (χ0) is 22.6. The molecule has 1 saturated heterocycles. The van der Waals surface area contributed by atoms with Crippen LogP contribution >= 0.6 is 0 Å². The van der Waals surface area contributed by atoms with Gasteiger partial charge in [0.25, 0.3) is 5.91 Å². The SMILES string of the molecule is O=C(c1nn(C23CC4CC(CC(C4)C2)C3)cc1[N+](=O)[O-])N1CCN(Cc2ccccc2)CC1. The Labute approximate surface area is 193 Å². The molecule has 8 heteroatoms. The summed E-state index contributed by atoms with van der Waals surface area (Å²) in [6.45, 7) is 3.48. The number of nitro groups is 1.